The van der Waals surface area contributed by atoms with Gasteiger partial charge in [-0.05, 0) is 36.2 Å². The molecule has 1 aliphatic carbocycles. The van der Waals surface area contributed by atoms with Crippen LogP contribution in [0.5, 0.6) is 5.75 Å². The van der Waals surface area contributed by atoms with Crippen molar-refractivity contribution < 1.29 is 9.57 Å². The van der Waals surface area contributed by atoms with Crippen molar-refractivity contribution in [3.8, 4) is 5.75 Å². The van der Waals surface area contributed by atoms with Gasteiger partial charge in [-0.25, -0.2) is 0 Å². The summed E-state index contributed by atoms with van der Waals surface area (Å²) in [7, 11) is 1.67. The molecule has 3 nitrogen and oxygen atoms in total. The van der Waals surface area contributed by atoms with E-state index in [1.54, 1.807) is 7.11 Å². The Morgan fingerprint density at radius 3 is 2.64 bits per heavy atom. The number of oxime groups is 1. The van der Waals surface area contributed by atoms with E-state index in [1.165, 1.54) is 0 Å². The summed E-state index contributed by atoms with van der Waals surface area (Å²) in [5, 5.41) is 4.07. The Balaban J connectivity index is 1.89. The van der Waals surface area contributed by atoms with Crippen LogP contribution < -0.4 is 4.74 Å². The molecule has 0 saturated heterocycles. The van der Waals surface area contributed by atoms with Crippen LogP contribution in [0, 0.1) is 5.92 Å². The first-order valence-corrected chi connectivity index (χ1v) is 4.76. The average molecular weight is 189 g/mol. The molecule has 0 amide bonds. The minimum atomic E-state index is 0.368. The fraction of sp³-hybridized carbons (Fsp3) is 0.364. The Hall–Kier alpha value is -1.51. The first kappa shape index (κ1) is 7.85. The average Bonchev–Trinajstić information content (AvgIpc) is 2.91. The summed E-state index contributed by atoms with van der Waals surface area (Å²) >= 11 is 0. The lowest BCUT2D eigenvalue weighted by molar-refractivity contribution is 0.140. The van der Waals surface area contributed by atoms with Crippen LogP contribution in [0.2, 0.25) is 0 Å². The van der Waals surface area contributed by atoms with Gasteiger partial charge in [0.25, 0.3) is 0 Å². The van der Waals surface area contributed by atoms with Crippen molar-refractivity contribution in [1.29, 1.82) is 0 Å². The Morgan fingerprint density at radius 2 is 2.14 bits per heavy atom. The third-order valence-corrected chi connectivity index (χ3v) is 2.76. The molecule has 1 aromatic carbocycles. The Morgan fingerprint density at radius 1 is 1.36 bits per heavy atom. The van der Waals surface area contributed by atoms with Gasteiger partial charge in [-0.3, -0.25) is 0 Å². The maximum atomic E-state index is 5.21. The number of hydrogen-bond acceptors (Lipinski definition) is 3. The molecule has 1 aromatic rings. The monoisotopic (exact) mass is 189 g/mol. The SMILES string of the molecule is COc1ccc(C2=NO[C@H]3C[C@@H]23)cc1. The van der Waals surface area contributed by atoms with E-state index in [2.05, 4.69) is 5.16 Å². The van der Waals surface area contributed by atoms with Gasteiger partial charge in [0.05, 0.1) is 12.8 Å². The molecule has 2 aliphatic rings. The zero-order chi connectivity index (χ0) is 9.54. The minimum Gasteiger partial charge on any atom is -0.497 e. The van der Waals surface area contributed by atoms with Crippen LogP contribution in [0.25, 0.3) is 0 Å². The summed E-state index contributed by atoms with van der Waals surface area (Å²) in [4.78, 5) is 5.21. The number of fused-ring (bicyclic) bond motifs is 1. The molecule has 3 rings (SSSR count). The molecule has 14 heavy (non-hydrogen) atoms. The lowest BCUT2D eigenvalue weighted by Crippen LogP contribution is -2.01. The highest BCUT2D eigenvalue weighted by molar-refractivity contribution is 6.04. The molecule has 1 heterocycles. The van der Waals surface area contributed by atoms with Crippen LogP contribution in [0.4, 0.5) is 0 Å². The quantitative estimate of drug-likeness (QED) is 0.710. The molecule has 2 atom stereocenters. The summed E-state index contributed by atoms with van der Waals surface area (Å²) in [5.74, 6) is 1.42. The maximum Gasteiger partial charge on any atom is 0.136 e. The smallest absolute Gasteiger partial charge is 0.136 e. The minimum absolute atomic E-state index is 0.368. The lowest BCUT2D eigenvalue weighted by atomic mass is 10.1. The summed E-state index contributed by atoms with van der Waals surface area (Å²) in [6.07, 6.45) is 1.50. The molecular formula is C11H11NO2. The normalized spacial score (nSPS) is 27.6. The number of ether oxygens (including phenoxy) is 1. The van der Waals surface area contributed by atoms with Crippen molar-refractivity contribution in [3.63, 3.8) is 0 Å². The fourth-order valence-electron chi connectivity index (χ4n) is 1.80. The lowest BCUT2D eigenvalue weighted by Gasteiger charge is -2.02. The van der Waals surface area contributed by atoms with E-state index in [9.17, 15) is 0 Å². The van der Waals surface area contributed by atoms with Crippen LogP contribution in [-0.4, -0.2) is 18.9 Å². The van der Waals surface area contributed by atoms with Gasteiger partial charge < -0.3 is 9.57 Å². The van der Waals surface area contributed by atoms with Gasteiger partial charge in [0, 0.05) is 5.92 Å². The Kier molecular flexibility index (Phi) is 1.54. The summed E-state index contributed by atoms with van der Waals surface area (Å²) in [6, 6.07) is 7.96. The van der Waals surface area contributed by atoms with E-state index in [0.717, 1.165) is 23.4 Å². The van der Waals surface area contributed by atoms with E-state index in [4.69, 9.17) is 9.57 Å². The molecule has 3 heteroatoms. The number of hydrogen-bond donors (Lipinski definition) is 0. The van der Waals surface area contributed by atoms with Crippen LogP contribution in [0.3, 0.4) is 0 Å². The predicted molar refractivity (Wildman–Crippen MR) is 52.5 cm³/mol. The van der Waals surface area contributed by atoms with Crippen molar-refractivity contribution in [3.05, 3.63) is 29.8 Å². The van der Waals surface area contributed by atoms with Crippen LogP contribution >= 0.6 is 0 Å². The fourth-order valence-corrected chi connectivity index (χ4v) is 1.80. The first-order chi connectivity index (χ1) is 6.88. The second-order valence-electron chi connectivity index (χ2n) is 3.69. The van der Waals surface area contributed by atoms with Gasteiger partial charge >= 0.3 is 0 Å². The van der Waals surface area contributed by atoms with Crippen molar-refractivity contribution in [2.75, 3.05) is 7.11 Å². The standard InChI is InChI=1S/C11H11NO2/c1-13-8-4-2-7(3-5-8)11-9-6-10(9)14-12-11/h2-5,9-10H,6H2,1H3/t9-,10+/m1/s1. The molecule has 72 valence electrons. The molecule has 0 radical (unpaired) electrons. The molecule has 0 bridgehead atoms. The van der Waals surface area contributed by atoms with Crippen LogP contribution in [0.1, 0.15) is 12.0 Å². The molecule has 0 N–H and O–H groups in total. The van der Waals surface area contributed by atoms with E-state index < -0.39 is 0 Å². The topological polar surface area (TPSA) is 30.8 Å². The van der Waals surface area contributed by atoms with Crippen molar-refractivity contribution >= 4 is 5.71 Å². The summed E-state index contributed by atoms with van der Waals surface area (Å²) in [6.45, 7) is 0. The second-order valence-corrected chi connectivity index (χ2v) is 3.69. The van der Waals surface area contributed by atoms with E-state index >= 15 is 0 Å². The number of benzene rings is 1. The third kappa shape index (κ3) is 1.09. The largest absolute Gasteiger partial charge is 0.497 e. The Labute approximate surface area is 82.3 Å². The number of nitrogens with zero attached hydrogens (tertiary/aromatic N) is 1. The van der Waals surface area contributed by atoms with Crippen molar-refractivity contribution in [2.45, 2.75) is 12.5 Å². The maximum absolute atomic E-state index is 5.21. The van der Waals surface area contributed by atoms with Crippen molar-refractivity contribution in [2.24, 2.45) is 11.1 Å². The van der Waals surface area contributed by atoms with Crippen molar-refractivity contribution in [1.82, 2.24) is 0 Å². The van der Waals surface area contributed by atoms with E-state index in [0.29, 0.717) is 12.0 Å². The molecule has 0 spiro atoms. The zero-order valence-electron chi connectivity index (χ0n) is 7.93. The molecule has 0 unspecified atom stereocenters. The van der Waals surface area contributed by atoms with E-state index in [1.807, 2.05) is 24.3 Å². The second kappa shape index (κ2) is 2.74. The van der Waals surface area contributed by atoms with Gasteiger partial charge in [-0.1, -0.05) is 5.16 Å². The molecule has 0 aromatic heterocycles. The summed E-state index contributed by atoms with van der Waals surface area (Å²) < 4.78 is 5.10. The summed E-state index contributed by atoms with van der Waals surface area (Å²) in [5.41, 5.74) is 2.24. The number of methoxy groups -OCH3 is 1. The van der Waals surface area contributed by atoms with Gasteiger partial charge in [-0.2, -0.15) is 0 Å². The molecular weight excluding hydrogens is 178 g/mol. The zero-order valence-corrected chi connectivity index (χ0v) is 7.93. The third-order valence-electron chi connectivity index (χ3n) is 2.76. The van der Waals surface area contributed by atoms with E-state index in [-0.39, 0.29) is 0 Å². The highest BCUT2D eigenvalue weighted by atomic mass is 16.7. The number of rotatable bonds is 2. The van der Waals surface area contributed by atoms with Gasteiger partial charge in [0.2, 0.25) is 0 Å². The molecule has 1 fully saturated rings. The molecule has 1 aliphatic heterocycles. The Bertz CT molecular complexity index is 383. The van der Waals surface area contributed by atoms with Crippen LogP contribution in [-0.2, 0) is 4.84 Å². The highest BCUT2D eigenvalue weighted by Gasteiger charge is 2.48. The van der Waals surface area contributed by atoms with Gasteiger partial charge in [0.1, 0.15) is 11.9 Å². The van der Waals surface area contributed by atoms with Gasteiger partial charge in [-0.15, -0.1) is 0 Å². The molecule has 1 saturated carbocycles. The van der Waals surface area contributed by atoms with Gasteiger partial charge in [0.15, 0.2) is 0 Å². The highest BCUT2D eigenvalue weighted by Crippen LogP contribution is 2.42. The first-order valence-electron chi connectivity index (χ1n) is 4.76. The van der Waals surface area contributed by atoms with Crippen LogP contribution in [0.15, 0.2) is 29.4 Å². The predicted octanol–water partition coefficient (Wildman–Crippen LogP) is 1.82.